The molecule has 1 aromatic carbocycles. The average molecular weight is 424 g/mol. The summed E-state index contributed by atoms with van der Waals surface area (Å²) in [4.78, 5) is 19.8. The minimum absolute atomic E-state index is 0.120. The largest absolute Gasteiger partial charge is 0.501 e. The summed E-state index contributed by atoms with van der Waals surface area (Å²) < 4.78 is 14.6. The van der Waals surface area contributed by atoms with E-state index in [2.05, 4.69) is 32.0 Å². The van der Waals surface area contributed by atoms with Crippen LogP contribution < -0.4 is 10.9 Å². The molecule has 0 radical (unpaired) electrons. The first-order valence-corrected chi connectivity index (χ1v) is 10.0. The number of aromatic nitrogens is 4. The van der Waals surface area contributed by atoms with Gasteiger partial charge in [-0.05, 0) is 37.6 Å². The molecule has 0 atom stereocenters. The number of H-pyrrole nitrogens is 1. The lowest BCUT2D eigenvalue weighted by Crippen LogP contribution is -2.52. The van der Waals surface area contributed by atoms with E-state index in [4.69, 9.17) is 0 Å². The van der Waals surface area contributed by atoms with Crippen LogP contribution in [-0.4, -0.2) is 36.3 Å². The topological polar surface area (TPSA) is 99.1 Å². The number of aromatic amines is 1. The molecule has 0 amide bonds. The van der Waals surface area contributed by atoms with Crippen molar-refractivity contribution in [2.75, 3.05) is 6.54 Å². The van der Waals surface area contributed by atoms with Gasteiger partial charge in [0.05, 0.1) is 11.2 Å². The van der Waals surface area contributed by atoms with Crippen LogP contribution in [0.3, 0.4) is 0 Å². The van der Waals surface area contributed by atoms with E-state index >= 15 is 0 Å². The summed E-state index contributed by atoms with van der Waals surface area (Å²) in [6.07, 6.45) is 1.70. The smallest absolute Gasteiger partial charge is 0.296 e. The van der Waals surface area contributed by atoms with E-state index in [1.54, 1.807) is 18.3 Å². The third-order valence-electron chi connectivity index (χ3n) is 5.70. The summed E-state index contributed by atoms with van der Waals surface area (Å²) in [5.41, 5.74) is 1.19. The molecule has 1 aliphatic heterocycles. The van der Waals surface area contributed by atoms with E-state index < -0.39 is 16.8 Å². The molecule has 0 bridgehead atoms. The van der Waals surface area contributed by atoms with Crippen LogP contribution >= 0.6 is 0 Å². The van der Waals surface area contributed by atoms with Crippen LogP contribution in [0.25, 0.3) is 5.70 Å². The molecule has 3 heterocycles. The second-order valence-electron chi connectivity index (χ2n) is 8.11. The van der Waals surface area contributed by atoms with Crippen molar-refractivity contribution in [1.29, 1.82) is 0 Å². The minimum atomic E-state index is -0.567. The summed E-state index contributed by atoms with van der Waals surface area (Å²) in [7, 11) is 0. The van der Waals surface area contributed by atoms with Gasteiger partial charge in [0.1, 0.15) is 17.3 Å². The highest BCUT2D eigenvalue weighted by atomic mass is 19.1. The van der Waals surface area contributed by atoms with Gasteiger partial charge >= 0.3 is 0 Å². The zero-order chi connectivity index (χ0) is 22.2. The fourth-order valence-electron chi connectivity index (χ4n) is 3.82. The Kier molecular flexibility index (Phi) is 5.36. The highest BCUT2D eigenvalue weighted by Crippen LogP contribution is 2.32. The molecule has 0 spiro atoms. The molecular weight excluding hydrogens is 399 g/mol. The van der Waals surface area contributed by atoms with Gasteiger partial charge in [0.25, 0.3) is 5.56 Å². The van der Waals surface area contributed by atoms with Gasteiger partial charge in [-0.3, -0.25) is 19.4 Å². The Balaban J connectivity index is 1.62. The van der Waals surface area contributed by atoms with E-state index in [1.807, 2.05) is 19.9 Å². The van der Waals surface area contributed by atoms with Crippen LogP contribution in [0.2, 0.25) is 0 Å². The van der Waals surface area contributed by atoms with Gasteiger partial charge in [-0.2, -0.15) is 5.10 Å². The molecular formula is C22H25FN6O2. The third-order valence-corrected chi connectivity index (χ3v) is 5.70. The van der Waals surface area contributed by atoms with E-state index in [1.165, 1.54) is 16.7 Å². The van der Waals surface area contributed by atoms with Gasteiger partial charge in [-0.25, -0.2) is 9.37 Å². The number of aromatic hydroxyl groups is 1. The molecule has 0 unspecified atom stereocenters. The minimum Gasteiger partial charge on any atom is -0.501 e. The maximum absolute atomic E-state index is 13.1. The van der Waals surface area contributed by atoms with Crippen molar-refractivity contribution in [2.24, 2.45) is 0 Å². The molecule has 8 nitrogen and oxygen atoms in total. The molecule has 0 fully saturated rings. The molecule has 0 saturated carbocycles. The average Bonchev–Trinajstić information content (AvgIpc) is 3.25. The van der Waals surface area contributed by atoms with Gasteiger partial charge < -0.3 is 10.4 Å². The van der Waals surface area contributed by atoms with Crippen molar-refractivity contribution in [1.82, 2.24) is 30.0 Å². The van der Waals surface area contributed by atoms with Crippen LogP contribution in [0.1, 0.15) is 36.6 Å². The fourth-order valence-corrected chi connectivity index (χ4v) is 3.82. The quantitative estimate of drug-likeness (QED) is 0.562. The molecule has 3 N–H and O–H groups in total. The lowest BCUT2D eigenvalue weighted by atomic mass is 9.97. The molecule has 4 rings (SSSR count). The highest BCUT2D eigenvalue weighted by molar-refractivity contribution is 5.63. The first-order valence-electron chi connectivity index (χ1n) is 10.0. The summed E-state index contributed by atoms with van der Waals surface area (Å²) in [5, 5.41) is 20.6. The normalized spacial score (nSPS) is 15.5. The lowest BCUT2D eigenvalue weighted by Gasteiger charge is -2.43. The van der Waals surface area contributed by atoms with E-state index in [0.717, 1.165) is 11.3 Å². The first-order chi connectivity index (χ1) is 14.8. The SMILES string of the molecule is C=C(NCc1ccc(F)cc1)c1nc2n(c(=O)c1O)CCN(Cc1ccn[nH]1)C2(C)C. The van der Waals surface area contributed by atoms with Gasteiger partial charge in [0.2, 0.25) is 5.75 Å². The Morgan fingerprint density at radius 3 is 2.71 bits per heavy atom. The highest BCUT2D eigenvalue weighted by Gasteiger charge is 2.38. The van der Waals surface area contributed by atoms with E-state index in [-0.39, 0.29) is 11.5 Å². The second-order valence-corrected chi connectivity index (χ2v) is 8.11. The molecule has 0 saturated heterocycles. The molecule has 1 aliphatic rings. The number of benzene rings is 1. The van der Waals surface area contributed by atoms with Crippen molar-refractivity contribution in [3.8, 4) is 5.75 Å². The van der Waals surface area contributed by atoms with Crippen LogP contribution in [-0.2, 0) is 25.2 Å². The Bertz CT molecular complexity index is 1150. The number of nitrogens with zero attached hydrogens (tertiary/aromatic N) is 4. The Hall–Kier alpha value is -3.46. The van der Waals surface area contributed by atoms with E-state index in [9.17, 15) is 14.3 Å². The maximum atomic E-state index is 13.1. The van der Waals surface area contributed by atoms with Gasteiger partial charge in [-0.15, -0.1) is 0 Å². The zero-order valence-corrected chi connectivity index (χ0v) is 17.5. The lowest BCUT2D eigenvalue weighted by molar-refractivity contribution is 0.0644. The fraction of sp³-hybridized carbons (Fsp3) is 0.318. The predicted molar refractivity (Wildman–Crippen MR) is 114 cm³/mol. The molecule has 0 aliphatic carbocycles. The summed E-state index contributed by atoms with van der Waals surface area (Å²) >= 11 is 0. The van der Waals surface area contributed by atoms with Crippen molar-refractivity contribution < 1.29 is 9.50 Å². The molecule has 31 heavy (non-hydrogen) atoms. The van der Waals surface area contributed by atoms with E-state index in [0.29, 0.717) is 37.7 Å². The van der Waals surface area contributed by atoms with Gasteiger partial charge in [0, 0.05) is 38.1 Å². The molecule has 9 heteroatoms. The summed E-state index contributed by atoms with van der Waals surface area (Å²) in [6.45, 7) is 9.98. The summed E-state index contributed by atoms with van der Waals surface area (Å²) in [6, 6.07) is 7.96. The Labute approximate surface area is 179 Å². The Morgan fingerprint density at radius 1 is 1.29 bits per heavy atom. The monoisotopic (exact) mass is 424 g/mol. The molecule has 2 aromatic heterocycles. The van der Waals surface area contributed by atoms with Crippen molar-refractivity contribution in [3.63, 3.8) is 0 Å². The number of hydrogen-bond donors (Lipinski definition) is 3. The maximum Gasteiger partial charge on any atom is 0.296 e. The number of halogens is 1. The number of hydrogen-bond acceptors (Lipinski definition) is 6. The molecule has 3 aromatic rings. The van der Waals surface area contributed by atoms with Crippen LogP contribution in [0.15, 0.2) is 47.9 Å². The van der Waals surface area contributed by atoms with Crippen molar-refractivity contribution in [2.45, 2.75) is 39.0 Å². The Morgan fingerprint density at radius 2 is 2.03 bits per heavy atom. The van der Waals surface area contributed by atoms with Gasteiger partial charge in [0.15, 0.2) is 0 Å². The summed E-state index contributed by atoms with van der Waals surface area (Å²) in [5.74, 6) is -0.189. The second kappa shape index (κ2) is 7.99. The predicted octanol–water partition coefficient (Wildman–Crippen LogP) is 2.32. The van der Waals surface area contributed by atoms with Crippen molar-refractivity contribution in [3.05, 3.63) is 82.1 Å². The van der Waals surface area contributed by atoms with Crippen LogP contribution in [0.5, 0.6) is 5.75 Å². The number of rotatable bonds is 6. The zero-order valence-electron chi connectivity index (χ0n) is 17.5. The van der Waals surface area contributed by atoms with Crippen LogP contribution in [0.4, 0.5) is 4.39 Å². The molecule has 162 valence electrons. The standard InChI is InChI=1S/C22H25FN6O2/c1-14(24-12-15-4-6-16(23)7-5-15)18-19(30)20(31)29-11-10-28(13-17-8-9-25-27-17)22(2,3)21(29)26-18/h4-9,24,30H,1,10-13H2,2-3H3,(H,25,27). The van der Waals surface area contributed by atoms with Gasteiger partial charge in [-0.1, -0.05) is 18.7 Å². The first kappa shape index (κ1) is 20.8. The van der Waals surface area contributed by atoms with Crippen LogP contribution in [0, 0.1) is 5.82 Å². The van der Waals surface area contributed by atoms with Crippen molar-refractivity contribution >= 4 is 5.70 Å². The number of fused-ring (bicyclic) bond motifs is 1. The number of nitrogens with one attached hydrogen (secondary N) is 2. The third kappa shape index (κ3) is 3.96.